The molecular formula is C25H32N2O5. The normalized spacial score (nSPS) is 12.0. The van der Waals surface area contributed by atoms with E-state index in [1.54, 1.807) is 64.2 Å². The van der Waals surface area contributed by atoms with Crippen LogP contribution in [-0.2, 0) is 15.9 Å². The van der Waals surface area contributed by atoms with E-state index in [4.69, 9.17) is 9.47 Å². The van der Waals surface area contributed by atoms with Gasteiger partial charge in [-0.2, -0.15) is 0 Å². The van der Waals surface area contributed by atoms with E-state index in [9.17, 15) is 14.4 Å². The molecule has 0 spiro atoms. The Labute approximate surface area is 189 Å². The predicted octanol–water partition coefficient (Wildman–Crippen LogP) is 4.90. The molecule has 0 aliphatic heterocycles. The van der Waals surface area contributed by atoms with Gasteiger partial charge in [0.25, 0.3) is 5.91 Å². The second-order valence-corrected chi connectivity index (χ2v) is 8.51. The fourth-order valence-corrected chi connectivity index (χ4v) is 3.26. The molecular weight excluding hydrogens is 408 g/mol. The molecule has 0 bridgehead atoms. The van der Waals surface area contributed by atoms with Crippen molar-refractivity contribution in [3.05, 3.63) is 64.7 Å². The molecule has 1 atom stereocenters. The summed E-state index contributed by atoms with van der Waals surface area (Å²) < 4.78 is 10.2. The van der Waals surface area contributed by atoms with Crippen molar-refractivity contribution in [2.75, 3.05) is 19.1 Å². The number of nitrogens with zero attached hydrogens (tertiary/aromatic N) is 1. The molecule has 0 fully saturated rings. The lowest BCUT2D eigenvalue weighted by Crippen LogP contribution is -2.36. The van der Waals surface area contributed by atoms with E-state index in [0.29, 0.717) is 23.2 Å². The first-order chi connectivity index (χ1) is 15.0. The lowest BCUT2D eigenvalue weighted by molar-refractivity contribution is 0.0583. The fraction of sp³-hybridized carbons (Fsp3) is 0.400. The lowest BCUT2D eigenvalue weighted by Gasteiger charge is -2.27. The number of esters is 1. The quantitative estimate of drug-likeness (QED) is 0.646. The number of anilines is 1. The summed E-state index contributed by atoms with van der Waals surface area (Å²) in [5, 5.41) is 2.98. The van der Waals surface area contributed by atoms with Gasteiger partial charge in [0.1, 0.15) is 5.60 Å². The number of methoxy groups -OCH3 is 1. The van der Waals surface area contributed by atoms with Crippen LogP contribution >= 0.6 is 0 Å². The maximum Gasteiger partial charge on any atom is 0.414 e. The molecule has 2 amide bonds. The first-order valence-corrected chi connectivity index (χ1v) is 10.6. The average molecular weight is 441 g/mol. The van der Waals surface area contributed by atoms with E-state index in [1.165, 1.54) is 12.0 Å². The van der Waals surface area contributed by atoms with Crippen LogP contribution in [0.2, 0.25) is 0 Å². The number of rotatable bonds is 6. The van der Waals surface area contributed by atoms with Gasteiger partial charge >= 0.3 is 12.1 Å². The summed E-state index contributed by atoms with van der Waals surface area (Å²) in [4.78, 5) is 38.9. The monoisotopic (exact) mass is 440 g/mol. The Balaban J connectivity index is 2.29. The number of ether oxygens (including phenoxy) is 2. The van der Waals surface area contributed by atoms with E-state index in [0.717, 1.165) is 11.1 Å². The zero-order valence-corrected chi connectivity index (χ0v) is 19.8. The molecule has 0 saturated heterocycles. The highest BCUT2D eigenvalue weighted by Gasteiger charge is 2.26. The second-order valence-electron chi connectivity index (χ2n) is 8.51. The van der Waals surface area contributed by atoms with Gasteiger partial charge in [0.05, 0.1) is 30.0 Å². The van der Waals surface area contributed by atoms with Gasteiger partial charge in [-0.25, -0.2) is 9.59 Å². The number of amides is 2. The van der Waals surface area contributed by atoms with Gasteiger partial charge < -0.3 is 14.8 Å². The third-order valence-corrected chi connectivity index (χ3v) is 4.93. The third kappa shape index (κ3) is 6.09. The molecule has 0 radical (unpaired) electrons. The fourth-order valence-electron chi connectivity index (χ4n) is 3.26. The standard InChI is InChI=1S/C25H32N2O5/c1-8-17-10-9-11-20(21(17)27(6)24(30)32-25(3,4)5)22(28)26-16(2)18-12-14-19(15-13-18)23(29)31-7/h9-16H,8H2,1-7H3,(H,26,28). The summed E-state index contributed by atoms with van der Waals surface area (Å²) in [6.45, 7) is 9.21. The second kappa shape index (κ2) is 10.3. The van der Waals surface area contributed by atoms with Gasteiger partial charge in [-0.1, -0.05) is 31.2 Å². The minimum atomic E-state index is -0.653. The van der Waals surface area contributed by atoms with E-state index < -0.39 is 17.7 Å². The van der Waals surface area contributed by atoms with Gasteiger partial charge in [-0.3, -0.25) is 9.69 Å². The Hall–Kier alpha value is -3.35. The number of nitrogens with one attached hydrogen (secondary N) is 1. The summed E-state index contributed by atoms with van der Waals surface area (Å²) >= 11 is 0. The van der Waals surface area contributed by atoms with Crippen LogP contribution < -0.4 is 10.2 Å². The van der Waals surface area contributed by atoms with Crippen LogP contribution in [0, 0.1) is 0 Å². The molecule has 0 heterocycles. The first-order valence-electron chi connectivity index (χ1n) is 10.6. The number of carbonyl (C=O) groups excluding carboxylic acids is 3. The van der Waals surface area contributed by atoms with Gasteiger partial charge in [-0.15, -0.1) is 0 Å². The lowest BCUT2D eigenvalue weighted by atomic mass is 10.0. The van der Waals surface area contributed by atoms with Crippen molar-refractivity contribution in [1.82, 2.24) is 5.32 Å². The van der Waals surface area contributed by atoms with Gasteiger partial charge in [-0.05, 0) is 63.4 Å². The van der Waals surface area contributed by atoms with Gasteiger partial charge in [0.15, 0.2) is 0 Å². The zero-order valence-electron chi connectivity index (χ0n) is 19.8. The number of para-hydroxylation sites is 1. The summed E-state index contributed by atoms with van der Waals surface area (Å²) in [5.74, 6) is -0.727. The Morgan fingerprint density at radius 2 is 1.69 bits per heavy atom. The average Bonchev–Trinajstić information content (AvgIpc) is 2.76. The molecule has 172 valence electrons. The Morgan fingerprint density at radius 1 is 1.06 bits per heavy atom. The molecule has 0 saturated carbocycles. The molecule has 7 nitrogen and oxygen atoms in total. The van der Waals surface area contributed by atoms with Crippen LogP contribution in [0.5, 0.6) is 0 Å². The number of hydrogen-bond acceptors (Lipinski definition) is 5. The number of aryl methyl sites for hydroxylation is 1. The highest BCUT2D eigenvalue weighted by molar-refractivity contribution is 6.04. The summed E-state index contributed by atoms with van der Waals surface area (Å²) in [7, 11) is 2.93. The number of carbonyl (C=O) groups is 3. The van der Waals surface area contributed by atoms with Crippen LogP contribution in [0.4, 0.5) is 10.5 Å². The Morgan fingerprint density at radius 3 is 2.22 bits per heavy atom. The highest BCUT2D eigenvalue weighted by atomic mass is 16.6. The van der Waals surface area contributed by atoms with Crippen molar-refractivity contribution in [1.29, 1.82) is 0 Å². The number of benzene rings is 2. The van der Waals surface area contributed by atoms with Crippen LogP contribution in [0.25, 0.3) is 0 Å². The van der Waals surface area contributed by atoms with Crippen LogP contribution in [0.15, 0.2) is 42.5 Å². The Kier molecular flexibility index (Phi) is 8.02. The van der Waals surface area contributed by atoms with E-state index in [2.05, 4.69) is 5.32 Å². The molecule has 0 aromatic heterocycles. The van der Waals surface area contributed by atoms with Crippen molar-refractivity contribution >= 4 is 23.7 Å². The van der Waals surface area contributed by atoms with Gasteiger partial charge in [0, 0.05) is 7.05 Å². The minimum Gasteiger partial charge on any atom is -0.465 e. The van der Waals surface area contributed by atoms with Crippen molar-refractivity contribution in [3.8, 4) is 0 Å². The Bertz CT molecular complexity index is 977. The number of hydrogen-bond donors (Lipinski definition) is 1. The highest BCUT2D eigenvalue weighted by Crippen LogP contribution is 2.28. The van der Waals surface area contributed by atoms with Crippen molar-refractivity contribution in [2.45, 2.75) is 52.7 Å². The van der Waals surface area contributed by atoms with E-state index >= 15 is 0 Å². The molecule has 2 rings (SSSR count). The minimum absolute atomic E-state index is 0.310. The van der Waals surface area contributed by atoms with E-state index in [1.807, 2.05) is 19.9 Å². The van der Waals surface area contributed by atoms with Crippen molar-refractivity contribution in [3.63, 3.8) is 0 Å². The first kappa shape index (κ1) is 24.9. The van der Waals surface area contributed by atoms with Crippen LogP contribution in [0.3, 0.4) is 0 Å². The molecule has 1 unspecified atom stereocenters. The molecule has 0 aliphatic carbocycles. The molecule has 2 aromatic rings. The SMILES string of the molecule is CCc1cccc(C(=O)NC(C)c2ccc(C(=O)OC)cc2)c1N(C)C(=O)OC(C)(C)C. The third-order valence-electron chi connectivity index (χ3n) is 4.93. The topological polar surface area (TPSA) is 84.9 Å². The molecule has 2 aromatic carbocycles. The molecule has 7 heteroatoms. The van der Waals surface area contributed by atoms with Crippen LogP contribution in [-0.4, -0.2) is 37.7 Å². The largest absolute Gasteiger partial charge is 0.465 e. The summed E-state index contributed by atoms with van der Waals surface area (Å²) in [5.41, 5.74) is 2.39. The molecule has 0 aliphatic rings. The van der Waals surface area contributed by atoms with E-state index in [-0.39, 0.29) is 11.9 Å². The van der Waals surface area contributed by atoms with Crippen LogP contribution in [0.1, 0.15) is 72.5 Å². The van der Waals surface area contributed by atoms with Gasteiger partial charge in [0.2, 0.25) is 0 Å². The maximum atomic E-state index is 13.2. The summed E-state index contributed by atoms with van der Waals surface area (Å²) in [6, 6.07) is 11.9. The molecule has 32 heavy (non-hydrogen) atoms. The van der Waals surface area contributed by atoms with Crippen molar-refractivity contribution in [2.24, 2.45) is 0 Å². The smallest absolute Gasteiger partial charge is 0.414 e. The predicted molar refractivity (Wildman–Crippen MR) is 124 cm³/mol. The molecule has 1 N–H and O–H groups in total. The maximum absolute atomic E-state index is 13.2. The zero-order chi connectivity index (χ0) is 24.1. The van der Waals surface area contributed by atoms with Crippen molar-refractivity contribution < 1.29 is 23.9 Å². The summed E-state index contributed by atoms with van der Waals surface area (Å²) in [6.07, 6.45) is 0.118.